The molecule has 0 aliphatic heterocycles. The number of hydrogen-bond acceptors (Lipinski definition) is 2. The van der Waals surface area contributed by atoms with Gasteiger partial charge in [-0.3, -0.25) is 0 Å². The van der Waals surface area contributed by atoms with E-state index in [1.54, 1.807) is 7.11 Å². The summed E-state index contributed by atoms with van der Waals surface area (Å²) in [5, 5.41) is 11.4. The smallest absolute Gasteiger partial charge is 0.108 e. The van der Waals surface area contributed by atoms with Gasteiger partial charge in [-0.1, -0.05) is 120 Å². The molecule has 1 rings (SSSR count). The maximum Gasteiger partial charge on any atom is 0.108 e. The van der Waals surface area contributed by atoms with Crippen LogP contribution in [0.1, 0.15) is 84.8 Å². The third-order valence-corrected chi connectivity index (χ3v) is 7.99. The highest BCUT2D eigenvalue weighted by Crippen LogP contribution is 2.38. The second-order valence-electron chi connectivity index (χ2n) is 10.6. The van der Waals surface area contributed by atoms with Crippen LogP contribution in [0.4, 0.5) is 0 Å². The average Bonchev–Trinajstić information content (AvgIpc) is 2.87. The fraction of sp³-hybridized carbons (Fsp3) is 0.576. The van der Waals surface area contributed by atoms with Crippen LogP contribution in [0, 0.1) is 29.6 Å². The van der Waals surface area contributed by atoms with Gasteiger partial charge >= 0.3 is 0 Å². The lowest BCUT2D eigenvalue weighted by Crippen LogP contribution is -2.32. The number of benzene rings is 1. The molecular formula is C33H52O2. The third kappa shape index (κ3) is 10.3. The van der Waals surface area contributed by atoms with Crippen LogP contribution in [0.2, 0.25) is 0 Å². The lowest BCUT2D eigenvalue weighted by atomic mass is 9.74. The average molecular weight is 481 g/mol. The first-order valence-corrected chi connectivity index (χ1v) is 13.6. The van der Waals surface area contributed by atoms with Gasteiger partial charge in [0.05, 0.1) is 6.10 Å². The Hall–Kier alpha value is -1.90. The summed E-state index contributed by atoms with van der Waals surface area (Å²) in [6.07, 6.45) is 11.2. The maximum atomic E-state index is 11.4. The van der Waals surface area contributed by atoms with Crippen LogP contribution in [0.15, 0.2) is 79.4 Å². The minimum Gasteiger partial charge on any atom is -0.390 e. The number of methoxy groups -OCH3 is 1. The zero-order valence-corrected chi connectivity index (χ0v) is 23.4. The van der Waals surface area contributed by atoms with Crippen molar-refractivity contribution < 1.29 is 9.84 Å². The van der Waals surface area contributed by atoms with Gasteiger partial charge in [-0.05, 0) is 67.3 Å². The van der Waals surface area contributed by atoms with Crippen molar-refractivity contribution in [1.82, 2.24) is 0 Å². The van der Waals surface area contributed by atoms with Gasteiger partial charge in [0.15, 0.2) is 0 Å². The largest absolute Gasteiger partial charge is 0.390 e. The monoisotopic (exact) mass is 480 g/mol. The van der Waals surface area contributed by atoms with Crippen LogP contribution >= 0.6 is 0 Å². The highest BCUT2D eigenvalue weighted by Gasteiger charge is 2.32. The first kappa shape index (κ1) is 31.1. The predicted octanol–water partition coefficient (Wildman–Crippen LogP) is 9.11. The number of aliphatic hydroxyl groups excluding tert-OH is 1. The zero-order valence-electron chi connectivity index (χ0n) is 23.4. The van der Waals surface area contributed by atoms with Gasteiger partial charge in [0.1, 0.15) is 6.10 Å². The van der Waals surface area contributed by atoms with Crippen molar-refractivity contribution in [2.75, 3.05) is 7.11 Å². The standard InChI is InChI=1S/C33H52O2/c1-10-13-15-20-30(28(8)32(34)33(35-9)29-18-16-14-17-19-29)23-27(7)31(21-24(4)11-2)22-26(6)25(5)12-3/h10,13-19,24-25,28,30-34H,1,6-7,11-12,20-23H2,2-5,8-9H3/b15-13+/t24?,25?,28?,30-,31?,32?,33+/m1/s1. The lowest BCUT2D eigenvalue weighted by Gasteiger charge is -2.34. The van der Waals surface area contributed by atoms with E-state index in [0.29, 0.717) is 17.8 Å². The zero-order chi connectivity index (χ0) is 26.4. The first-order valence-electron chi connectivity index (χ1n) is 13.6. The molecule has 0 bridgehead atoms. The van der Waals surface area contributed by atoms with Crippen molar-refractivity contribution in [2.24, 2.45) is 29.6 Å². The molecule has 0 aliphatic rings. The molecule has 5 unspecified atom stereocenters. The van der Waals surface area contributed by atoms with E-state index in [9.17, 15) is 5.11 Å². The van der Waals surface area contributed by atoms with Crippen molar-refractivity contribution in [1.29, 1.82) is 0 Å². The Morgan fingerprint density at radius 1 is 1.00 bits per heavy atom. The summed E-state index contributed by atoms with van der Waals surface area (Å²) >= 11 is 0. The molecular weight excluding hydrogens is 428 g/mol. The summed E-state index contributed by atoms with van der Waals surface area (Å²) in [6, 6.07) is 10.0. The lowest BCUT2D eigenvalue weighted by molar-refractivity contribution is -0.0526. The van der Waals surface area contributed by atoms with E-state index in [1.807, 2.05) is 42.5 Å². The van der Waals surface area contributed by atoms with Gasteiger partial charge in [-0.15, -0.1) is 0 Å². The second-order valence-corrected chi connectivity index (χ2v) is 10.6. The number of hydrogen-bond donors (Lipinski definition) is 1. The summed E-state index contributed by atoms with van der Waals surface area (Å²) in [6.45, 7) is 24.1. The third-order valence-electron chi connectivity index (χ3n) is 7.99. The van der Waals surface area contributed by atoms with E-state index >= 15 is 0 Å². The highest BCUT2D eigenvalue weighted by atomic mass is 16.5. The quantitative estimate of drug-likeness (QED) is 0.168. The molecule has 0 aromatic heterocycles. The number of ether oxygens (including phenoxy) is 1. The molecule has 0 saturated heterocycles. The molecule has 0 fully saturated rings. The van der Waals surface area contributed by atoms with Crippen molar-refractivity contribution >= 4 is 0 Å². The molecule has 7 atom stereocenters. The molecule has 2 heteroatoms. The fourth-order valence-electron chi connectivity index (χ4n) is 4.86. The molecule has 0 heterocycles. The van der Waals surface area contributed by atoms with Gasteiger partial charge in [-0.2, -0.15) is 0 Å². The molecule has 0 saturated carbocycles. The van der Waals surface area contributed by atoms with Crippen LogP contribution in [0.5, 0.6) is 0 Å². The molecule has 2 nitrogen and oxygen atoms in total. The Kier molecular flexibility index (Phi) is 14.9. The maximum absolute atomic E-state index is 11.4. The van der Waals surface area contributed by atoms with Crippen LogP contribution in [-0.4, -0.2) is 18.3 Å². The molecule has 196 valence electrons. The Labute approximate surface area is 216 Å². The second kappa shape index (κ2) is 16.7. The first-order chi connectivity index (χ1) is 16.7. The molecule has 0 radical (unpaired) electrons. The van der Waals surface area contributed by atoms with Crippen LogP contribution in [0.3, 0.4) is 0 Å². The van der Waals surface area contributed by atoms with E-state index in [0.717, 1.165) is 37.7 Å². The number of rotatable bonds is 18. The summed E-state index contributed by atoms with van der Waals surface area (Å²) in [5.74, 6) is 1.90. The Morgan fingerprint density at radius 2 is 1.66 bits per heavy atom. The van der Waals surface area contributed by atoms with Crippen LogP contribution < -0.4 is 0 Å². The molecule has 1 N–H and O–H groups in total. The minimum absolute atomic E-state index is 0.0355. The van der Waals surface area contributed by atoms with E-state index in [-0.39, 0.29) is 17.9 Å². The van der Waals surface area contributed by atoms with Crippen LogP contribution in [0.25, 0.3) is 0 Å². The van der Waals surface area contributed by atoms with E-state index in [1.165, 1.54) is 17.6 Å². The normalized spacial score (nSPS) is 17.8. The van der Waals surface area contributed by atoms with Crippen molar-refractivity contribution in [3.05, 3.63) is 85.0 Å². The van der Waals surface area contributed by atoms with Gasteiger partial charge in [0.2, 0.25) is 0 Å². The number of allylic oxidation sites excluding steroid dienone is 5. The predicted molar refractivity (Wildman–Crippen MR) is 153 cm³/mol. The summed E-state index contributed by atoms with van der Waals surface area (Å²) in [4.78, 5) is 0. The molecule has 1 aromatic rings. The van der Waals surface area contributed by atoms with Gasteiger partial charge in [-0.25, -0.2) is 0 Å². The topological polar surface area (TPSA) is 29.5 Å². The van der Waals surface area contributed by atoms with Crippen molar-refractivity contribution in [3.63, 3.8) is 0 Å². The molecule has 0 amide bonds. The number of aliphatic hydroxyl groups is 1. The molecule has 35 heavy (non-hydrogen) atoms. The highest BCUT2D eigenvalue weighted by molar-refractivity contribution is 5.19. The Balaban J connectivity index is 3.13. The van der Waals surface area contributed by atoms with Crippen LogP contribution in [-0.2, 0) is 4.74 Å². The molecule has 1 aromatic carbocycles. The van der Waals surface area contributed by atoms with E-state index < -0.39 is 6.10 Å². The SMILES string of the molecule is C=C/C=C/C[C@H](CC(=C)C(CC(=C)C(C)CC)CC(C)CC)C(C)C(O)[C@@H](OC)c1ccccc1. The summed E-state index contributed by atoms with van der Waals surface area (Å²) in [7, 11) is 1.68. The summed E-state index contributed by atoms with van der Waals surface area (Å²) < 4.78 is 5.79. The van der Waals surface area contributed by atoms with E-state index in [2.05, 4.69) is 60.4 Å². The van der Waals surface area contributed by atoms with Gasteiger partial charge in [0.25, 0.3) is 0 Å². The van der Waals surface area contributed by atoms with Crippen molar-refractivity contribution in [2.45, 2.75) is 85.4 Å². The summed E-state index contributed by atoms with van der Waals surface area (Å²) in [5.41, 5.74) is 3.63. The van der Waals surface area contributed by atoms with E-state index in [4.69, 9.17) is 4.74 Å². The molecule has 0 spiro atoms. The van der Waals surface area contributed by atoms with Crippen molar-refractivity contribution in [3.8, 4) is 0 Å². The van der Waals surface area contributed by atoms with Gasteiger partial charge < -0.3 is 9.84 Å². The van der Waals surface area contributed by atoms with Gasteiger partial charge in [0, 0.05) is 7.11 Å². The molecule has 0 aliphatic carbocycles. The fourth-order valence-corrected chi connectivity index (χ4v) is 4.86. The Morgan fingerprint density at radius 3 is 2.20 bits per heavy atom. The minimum atomic E-state index is -0.611. The Bertz CT molecular complexity index is 778.